The van der Waals surface area contributed by atoms with E-state index in [0.29, 0.717) is 29.5 Å². The summed E-state index contributed by atoms with van der Waals surface area (Å²) in [4.78, 5) is 4.48. The summed E-state index contributed by atoms with van der Waals surface area (Å²) in [6, 6.07) is 3.80. The van der Waals surface area contributed by atoms with Crippen LogP contribution in [0.2, 0.25) is 0 Å². The van der Waals surface area contributed by atoms with Gasteiger partial charge in [-0.3, -0.25) is 0 Å². The highest BCUT2D eigenvalue weighted by Gasteiger charge is 2.34. The fourth-order valence-electron chi connectivity index (χ4n) is 2.52. The SMILES string of the molecule is CCC1(CNc2ccc(N)c(OCC(C)C)n2)CCC1. The van der Waals surface area contributed by atoms with E-state index in [1.165, 1.54) is 25.7 Å². The molecule has 0 bridgehead atoms. The largest absolute Gasteiger partial charge is 0.476 e. The minimum absolute atomic E-state index is 0.464. The molecule has 1 aliphatic carbocycles. The molecule has 20 heavy (non-hydrogen) atoms. The highest BCUT2D eigenvalue weighted by molar-refractivity contribution is 5.53. The van der Waals surface area contributed by atoms with Crippen molar-refractivity contribution in [3.05, 3.63) is 12.1 Å². The molecule has 0 aromatic carbocycles. The van der Waals surface area contributed by atoms with Crippen LogP contribution in [0.5, 0.6) is 5.88 Å². The highest BCUT2D eigenvalue weighted by Crippen LogP contribution is 2.43. The van der Waals surface area contributed by atoms with Crippen LogP contribution >= 0.6 is 0 Å². The average molecular weight is 277 g/mol. The molecule has 0 radical (unpaired) electrons. The lowest BCUT2D eigenvalue weighted by molar-refractivity contribution is 0.145. The number of rotatable bonds is 7. The smallest absolute Gasteiger partial charge is 0.239 e. The van der Waals surface area contributed by atoms with Gasteiger partial charge in [0, 0.05) is 6.54 Å². The van der Waals surface area contributed by atoms with Gasteiger partial charge in [-0.15, -0.1) is 0 Å². The van der Waals surface area contributed by atoms with E-state index in [1.54, 1.807) is 0 Å². The van der Waals surface area contributed by atoms with Gasteiger partial charge in [0.1, 0.15) is 5.82 Å². The summed E-state index contributed by atoms with van der Waals surface area (Å²) in [6.45, 7) is 8.12. The molecule has 112 valence electrons. The first-order valence-corrected chi connectivity index (χ1v) is 7.68. The van der Waals surface area contributed by atoms with Crippen molar-refractivity contribution in [1.82, 2.24) is 4.98 Å². The monoisotopic (exact) mass is 277 g/mol. The molecule has 4 nitrogen and oxygen atoms in total. The minimum Gasteiger partial charge on any atom is -0.476 e. The molecule has 0 atom stereocenters. The normalized spacial score (nSPS) is 16.8. The molecule has 0 spiro atoms. The Morgan fingerprint density at radius 2 is 2.15 bits per heavy atom. The molecule has 1 heterocycles. The van der Waals surface area contributed by atoms with E-state index >= 15 is 0 Å². The van der Waals surface area contributed by atoms with Crippen molar-refractivity contribution in [2.45, 2.75) is 46.5 Å². The Morgan fingerprint density at radius 1 is 1.40 bits per heavy atom. The molecule has 1 aromatic rings. The van der Waals surface area contributed by atoms with Gasteiger partial charge in [0.15, 0.2) is 0 Å². The number of nitrogens with zero attached hydrogens (tertiary/aromatic N) is 1. The lowest BCUT2D eigenvalue weighted by atomic mass is 9.67. The van der Waals surface area contributed by atoms with Crippen LogP contribution in [0.4, 0.5) is 11.5 Å². The van der Waals surface area contributed by atoms with Crippen LogP contribution in [-0.2, 0) is 0 Å². The molecular weight excluding hydrogens is 250 g/mol. The number of hydrogen-bond acceptors (Lipinski definition) is 4. The van der Waals surface area contributed by atoms with E-state index in [9.17, 15) is 0 Å². The fraction of sp³-hybridized carbons (Fsp3) is 0.688. The van der Waals surface area contributed by atoms with Gasteiger partial charge < -0.3 is 15.8 Å². The zero-order valence-corrected chi connectivity index (χ0v) is 12.9. The molecule has 0 unspecified atom stereocenters. The van der Waals surface area contributed by atoms with Crippen molar-refractivity contribution in [1.29, 1.82) is 0 Å². The summed E-state index contributed by atoms with van der Waals surface area (Å²) in [5, 5.41) is 3.45. The number of ether oxygens (including phenoxy) is 1. The van der Waals surface area contributed by atoms with Crippen LogP contribution in [0.25, 0.3) is 0 Å². The van der Waals surface area contributed by atoms with Crippen LogP contribution in [-0.4, -0.2) is 18.1 Å². The average Bonchev–Trinajstić information content (AvgIpc) is 2.38. The maximum Gasteiger partial charge on any atom is 0.239 e. The number of hydrogen-bond donors (Lipinski definition) is 2. The maximum absolute atomic E-state index is 5.91. The zero-order valence-electron chi connectivity index (χ0n) is 12.9. The molecule has 0 saturated heterocycles. The van der Waals surface area contributed by atoms with Crippen LogP contribution in [0, 0.1) is 11.3 Å². The van der Waals surface area contributed by atoms with Crippen molar-refractivity contribution in [3.63, 3.8) is 0 Å². The lowest BCUT2D eigenvalue weighted by Gasteiger charge is -2.41. The van der Waals surface area contributed by atoms with Crippen molar-refractivity contribution < 1.29 is 4.74 Å². The first-order valence-electron chi connectivity index (χ1n) is 7.68. The quantitative estimate of drug-likeness (QED) is 0.798. The van der Waals surface area contributed by atoms with Gasteiger partial charge >= 0.3 is 0 Å². The van der Waals surface area contributed by atoms with Crippen molar-refractivity contribution in [2.75, 3.05) is 24.2 Å². The maximum atomic E-state index is 5.91. The fourth-order valence-corrected chi connectivity index (χ4v) is 2.52. The molecule has 0 amide bonds. The first-order chi connectivity index (χ1) is 9.54. The molecular formula is C16H27N3O. The number of nitrogens with two attached hydrogens (primary N) is 1. The predicted molar refractivity (Wildman–Crippen MR) is 84.0 cm³/mol. The van der Waals surface area contributed by atoms with E-state index in [4.69, 9.17) is 10.5 Å². The second-order valence-electron chi connectivity index (χ2n) is 6.36. The van der Waals surface area contributed by atoms with E-state index < -0.39 is 0 Å². The molecule has 0 aliphatic heterocycles. The van der Waals surface area contributed by atoms with Crippen LogP contribution in [0.3, 0.4) is 0 Å². The summed E-state index contributed by atoms with van der Waals surface area (Å²) >= 11 is 0. The molecule has 4 heteroatoms. The van der Waals surface area contributed by atoms with E-state index in [1.807, 2.05) is 12.1 Å². The number of nitrogen functional groups attached to an aromatic ring is 1. The van der Waals surface area contributed by atoms with Crippen LogP contribution < -0.4 is 15.8 Å². The number of nitrogens with one attached hydrogen (secondary N) is 1. The minimum atomic E-state index is 0.464. The third kappa shape index (κ3) is 3.56. The predicted octanol–water partition coefficient (Wildman–Crippen LogP) is 3.69. The Morgan fingerprint density at radius 3 is 2.70 bits per heavy atom. The van der Waals surface area contributed by atoms with Gasteiger partial charge in [-0.2, -0.15) is 4.98 Å². The van der Waals surface area contributed by atoms with E-state index in [-0.39, 0.29) is 0 Å². The van der Waals surface area contributed by atoms with Crippen molar-refractivity contribution >= 4 is 11.5 Å². The summed E-state index contributed by atoms with van der Waals surface area (Å²) in [7, 11) is 0. The van der Waals surface area contributed by atoms with E-state index in [2.05, 4.69) is 31.1 Å². The summed E-state index contributed by atoms with van der Waals surface area (Å²) in [6.07, 6.45) is 5.23. The molecule has 1 aliphatic rings. The molecule has 2 rings (SSSR count). The number of aromatic nitrogens is 1. The van der Waals surface area contributed by atoms with Crippen molar-refractivity contribution in [2.24, 2.45) is 11.3 Å². The molecule has 1 fully saturated rings. The van der Waals surface area contributed by atoms with Gasteiger partial charge in [0.2, 0.25) is 5.88 Å². The number of anilines is 2. The number of pyridine rings is 1. The van der Waals surface area contributed by atoms with Crippen LogP contribution in [0.15, 0.2) is 12.1 Å². The van der Waals surface area contributed by atoms with Gasteiger partial charge in [0.05, 0.1) is 12.3 Å². The summed E-state index contributed by atoms with van der Waals surface area (Å²) < 4.78 is 5.66. The molecule has 1 saturated carbocycles. The van der Waals surface area contributed by atoms with Gasteiger partial charge in [0.25, 0.3) is 0 Å². The zero-order chi connectivity index (χ0) is 14.6. The Kier molecular flexibility index (Phi) is 4.73. The Bertz CT molecular complexity index is 436. The first kappa shape index (κ1) is 14.9. The second kappa shape index (κ2) is 6.33. The molecule has 3 N–H and O–H groups in total. The summed E-state index contributed by atoms with van der Waals surface area (Å²) in [5.74, 6) is 1.87. The van der Waals surface area contributed by atoms with Crippen molar-refractivity contribution in [3.8, 4) is 5.88 Å². The topological polar surface area (TPSA) is 60.2 Å². The van der Waals surface area contributed by atoms with Crippen LogP contribution in [0.1, 0.15) is 46.5 Å². The second-order valence-corrected chi connectivity index (χ2v) is 6.36. The Hall–Kier alpha value is -1.45. The Labute approximate surface area is 122 Å². The third-order valence-electron chi connectivity index (χ3n) is 4.25. The van der Waals surface area contributed by atoms with Gasteiger partial charge in [-0.25, -0.2) is 0 Å². The molecule has 1 aromatic heterocycles. The lowest BCUT2D eigenvalue weighted by Crippen LogP contribution is -2.36. The highest BCUT2D eigenvalue weighted by atomic mass is 16.5. The third-order valence-corrected chi connectivity index (χ3v) is 4.25. The Balaban J connectivity index is 1.96. The standard InChI is InChI=1S/C16H27N3O/c1-4-16(8-5-9-16)11-18-14-7-6-13(17)15(19-14)20-10-12(2)3/h6-7,12H,4-5,8-11,17H2,1-3H3,(H,18,19). The summed E-state index contributed by atoms with van der Waals surface area (Å²) in [5.41, 5.74) is 6.98. The van der Waals surface area contributed by atoms with Gasteiger partial charge in [-0.1, -0.05) is 27.2 Å². The van der Waals surface area contributed by atoms with Gasteiger partial charge in [-0.05, 0) is 42.7 Å². The van der Waals surface area contributed by atoms with E-state index in [0.717, 1.165) is 12.4 Å².